The average molecular weight is 331 g/mol. The summed E-state index contributed by atoms with van der Waals surface area (Å²) in [6, 6.07) is 8.39. The number of guanidine groups is 1. The van der Waals surface area contributed by atoms with E-state index in [1.807, 2.05) is 12.1 Å². The number of methoxy groups -OCH3 is 1. The molecule has 0 amide bonds. The van der Waals surface area contributed by atoms with Crippen molar-refractivity contribution in [3.05, 3.63) is 29.8 Å². The summed E-state index contributed by atoms with van der Waals surface area (Å²) >= 11 is 0. The minimum absolute atomic E-state index is 0.0188. The molecule has 0 saturated carbocycles. The smallest absolute Gasteiger partial charge is 0.191 e. The fourth-order valence-corrected chi connectivity index (χ4v) is 3.70. The van der Waals surface area contributed by atoms with Crippen LogP contribution in [0.2, 0.25) is 0 Å². The maximum atomic E-state index is 6.27. The highest BCUT2D eigenvalue weighted by molar-refractivity contribution is 5.78. The second kappa shape index (κ2) is 7.88. The summed E-state index contributed by atoms with van der Waals surface area (Å²) in [6.45, 7) is 4.36. The van der Waals surface area contributed by atoms with Crippen molar-refractivity contribution in [1.29, 1.82) is 0 Å². The van der Waals surface area contributed by atoms with Crippen molar-refractivity contribution in [1.82, 2.24) is 4.90 Å². The van der Waals surface area contributed by atoms with Gasteiger partial charge in [0.1, 0.15) is 5.75 Å². The predicted octanol–water partition coefficient (Wildman–Crippen LogP) is 2.54. The van der Waals surface area contributed by atoms with Gasteiger partial charge in [0.05, 0.1) is 13.7 Å². The molecule has 3 rings (SSSR count). The maximum Gasteiger partial charge on any atom is 0.191 e. The molecule has 2 aliphatic rings. The van der Waals surface area contributed by atoms with Crippen LogP contribution in [0.25, 0.3) is 0 Å². The molecule has 1 aromatic carbocycles. The van der Waals surface area contributed by atoms with E-state index in [1.165, 1.54) is 24.8 Å². The third-order valence-corrected chi connectivity index (χ3v) is 5.38. The Morgan fingerprint density at radius 3 is 2.46 bits per heavy atom. The number of aliphatic imine (C=N–C) groups is 1. The van der Waals surface area contributed by atoms with Crippen LogP contribution in [0.15, 0.2) is 29.3 Å². The van der Waals surface area contributed by atoms with E-state index in [2.05, 4.69) is 17.0 Å². The lowest BCUT2D eigenvalue weighted by atomic mass is 9.74. The molecule has 0 aliphatic carbocycles. The summed E-state index contributed by atoms with van der Waals surface area (Å²) in [4.78, 5) is 7.02. The molecule has 0 spiro atoms. The Morgan fingerprint density at radius 1 is 1.17 bits per heavy atom. The van der Waals surface area contributed by atoms with Gasteiger partial charge in [0.15, 0.2) is 5.96 Å². The third kappa shape index (κ3) is 3.83. The van der Waals surface area contributed by atoms with Gasteiger partial charge < -0.3 is 20.1 Å². The molecule has 0 radical (unpaired) electrons. The number of hydrogen-bond donors (Lipinski definition) is 1. The van der Waals surface area contributed by atoms with Crippen LogP contribution in [-0.2, 0) is 10.2 Å². The fourth-order valence-electron chi connectivity index (χ4n) is 3.70. The van der Waals surface area contributed by atoms with E-state index in [1.54, 1.807) is 7.11 Å². The molecule has 5 heteroatoms. The molecule has 2 saturated heterocycles. The van der Waals surface area contributed by atoms with E-state index >= 15 is 0 Å². The van der Waals surface area contributed by atoms with E-state index in [4.69, 9.17) is 20.2 Å². The lowest BCUT2D eigenvalue weighted by molar-refractivity contribution is 0.0530. The topological polar surface area (TPSA) is 60.1 Å². The highest BCUT2D eigenvalue weighted by Crippen LogP contribution is 2.36. The first-order chi connectivity index (χ1) is 11.7. The zero-order valence-electron chi connectivity index (χ0n) is 14.7. The summed E-state index contributed by atoms with van der Waals surface area (Å²) in [5.74, 6) is 1.59. The maximum absolute atomic E-state index is 6.27. The van der Waals surface area contributed by atoms with E-state index in [-0.39, 0.29) is 5.41 Å². The summed E-state index contributed by atoms with van der Waals surface area (Å²) in [7, 11) is 1.70. The molecule has 2 aliphatic heterocycles. The van der Waals surface area contributed by atoms with Crippen LogP contribution < -0.4 is 10.5 Å². The van der Waals surface area contributed by atoms with Gasteiger partial charge in [-0.1, -0.05) is 12.1 Å². The minimum Gasteiger partial charge on any atom is -0.497 e. The molecule has 2 fully saturated rings. The number of benzene rings is 1. The Bertz CT molecular complexity index is 544. The lowest BCUT2D eigenvalue weighted by Crippen LogP contribution is -2.43. The lowest BCUT2D eigenvalue weighted by Gasteiger charge is -2.37. The second-order valence-corrected chi connectivity index (χ2v) is 6.84. The number of ether oxygens (including phenoxy) is 2. The van der Waals surface area contributed by atoms with Gasteiger partial charge in [0.25, 0.3) is 0 Å². The summed E-state index contributed by atoms with van der Waals surface area (Å²) in [5, 5.41) is 0. The van der Waals surface area contributed by atoms with Crippen molar-refractivity contribution in [3.8, 4) is 5.75 Å². The molecule has 132 valence electrons. The first kappa shape index (κ1) is 17.1. The van der Waals surface area contributed by atoms with Crippen LogP contribution in [0.1, 0.15) is 37.7 Å². The number of hydrogen-bond acceptors (Lipinski definition) is 3. The van der Waals surface area contributed by atoms with Crippen molar-refractivity contribution >= 4 is 5.96 Å². The molecule has 0 bridgehead atoms. The van der Waals surface area contributed by atoms with Crippen LogP contribution in [-0.4, -0.2) is 50.8 Å². The number of likely N-dealkylation sites (tertiary alicyclic amines) is 1. The Hall–Kier alpha value is -1.75. The predicted molar refractivity (Wildman–Crippen MR) is 96.6 cm³/mol. The van der Waals surface area contributed by atoms with Crippen molar-refractivity contribution in [2.75, 3.05) is 40.0 Å². The van der Waals surface area contributed by atoms with Gasteiger partial charge in [-0.2, -0.15) is 0 Å². The Balaban J connectivity index is 1.77. The SMILES string of the molecule is COc1ccc(C2(CN=C(N)N3CCCCC3)CCOCC2)cc1. The number of rotatable bonds is 4. The van der Waals surface area contributed by atoms with E-state index in [0.717, 1.165) is 51.4 Å². The van der Waals surface area contributed by atoms with Crippen molar-refractivity contribution < 1.29 is 9.47 Å². The largest absolute Gasteiger partial charge is 0.497 e. The zero-order valence-corrected chi connectivity index (χ0v) is 14.7. The van der Waals surface area contributed by atoms with Gasteiger partial charge >= 0.3 is 0 Å². The van der Waals surface area contributed by atoms with Gasteiger partial charge in [-0.25, -0.2) is 0 Å². The van der Waals surface area contributed by atoms with Gasteiger partial charge in [-0.3, -0.25) is 4.99 Å². The fraction of sp³-hybridized carbons (Fsp3) is 0.632. The number of nitrogens with two attached hydrogens (primary N) is 1. The molecule has 0 aromatic heterocycles. The van der Waals surface area contributed by atoms with Crippen molar-refractivity contribution in [2.24, 2.45) is 10.7 Å². The van der Waals surface area contributed by atoms with Crippen LogP contribution in [0, 0.1) is 0 Å². The van der Waals surface area contributed by atoms with Crippen molar-refractivity contribution in [3.63, 3.8) is 0 Å². The third-order valence-electron chi connectivity index (χ3n) is 5.38. The van der Waals surface area contributed by atoms with Gasteiger partial charge in [0, 0.05) is 31.7 Å². The van der Waals surface area contributed by atoms with Gasteiger partial charge in [-0.05, 0) is 49.8 Å². The Labute approximate surface area is 144 Å². The van der Waals surface area contributed by atoms with Crippen LogP contribution >= 0.6 is 0 Å². The summed E-state index contributed by atoms with van der Waals surface area (Å²) in [5.41, 5.74) is 7.60. The Morgan fingerprint density at radius 2 is 1.83 bits per heavy atom. The zero-order chi connectivity index (χ0) is 16.8. The van der Waals surface area contributed by atoms with Gasteiger partial charge in [0.2, 0.25) is 0 Å². The molecule has 0 atom stereocenters. The van der Waals surface area contributed by atoms with Crippen LogP contribution in [0.5, 0.6) is 5.75 Å². The second-order valence-electron chi connectivity index (χ2n) is 6.84. The highest BCUT2D eigenvalue weighted by Gasteiger charge is 2.34. The molecule has 5 nitrogen and oxygen atoms in total. The normalized spacial score (nSPS) is 21.5. The number of piperidine rings is 1. The molecule has 2 N–H and O–H groups in total. The monoisotopic (exact) mass is 331 g/mol. The standard InChI is InChI=1S/C19H29N3O2/c1-23-17-7-5-16(6-8-17)19(9-13-24-14-10-19)15-21-18(20)22-11-3-2-4-12-22/h5-8H,2-4,9-15H2,1H3,(H2,20,21). The van der Waals surface area contributed by atoms with E-state index in [9.17, 15) is 0 Å². The first-order valence-electron chi connectivity index (χ1n) is 9.01. The van der Waals surface area contributed by atoms with Crippen LogP contribution in [0.4, 0.5) is 0 Å². The molecule has 0 unspecified atom stereocenters. The van der Waals surface area contributed by atoms with Crippen molar-refractivity contribution in [2.45, 2.75) is 37.5 Å². The van der Waals surface area contributed by atoms with E-state index in [0.29, 0.717) is 5.96 Å². The molecule has 1 aromatic rings. The summed E-state index contributed by atoms with van der Waals surface area (Å²) in [6.07, 6.45) is 5.70. The highest BCUT2D eigenvalue weighted by atomic mass is 16.5. The molecular formula is C19H29N3O2. The number of nitrogens with zero attached hydrogens (tertiary/aromatic N) is 2. The minimum atomic E-state index is 0.0188. The first-order valence-corrected chi connectivity index (χ1v) is 9.01. The molecular weight excluding hydrogens is 302 g/mol. The Kier molecular flexibility index (Phi) is 5.61. The molecule has 24 heavy (non-hydrogen) atoms. The van der Waals surface area contributed by atoms with Gasteiger partial charge in [-0.15, -0.1) is 0 Å². The van der Waals surface area contributed by atoms with E-state index < -0.39 is 0 Å². The summed E-state index contributed by atoms with van der Waals surface area (Å²) < 4.78 is 10.9. The molecule has 2 heterocycles. The average Bonchev–Trinajstić information content (AvgIpc) is 2.67. The quantitative estimate of drug-likeness (QED) is 0.680. The van der Waals surface area contributed by atoms with Crippen LogP contribution in [0.3, 0.4) is 0 Å².